The lowest BCUT2D eigenvalue weighted by atomic mass is 9.91. The van der Waals surface area contributed by atoms with Gasteiger partial charge in [0.1, 0.15) is 5.82 Å². The van der Waals surface area contributed by atoms with Gasteiger partial charge < -0.3 is 4.57 Å². The van der Waals surface area contributed by atoms with Crippen molar-refractivity contribution in [1.29, 1.82) is 0 Å². The molecular formula is C12H22ClN3. The van der Waals surface area contributed by atoms with Crippen molar-refractivity contribution >= 4 is 11.6 Å². The van der Waals surface area contributed by atoms with E-state index in [1.807, 2.05) is 4.57 Å². The summed E-state index contributed by atoms with van der Waals surface area (Å²) < 4.78 is 2.02. The van der Waals surface area contributed by atoms with Crippen LogP contribution in [-0.4, -0.2) is 14.8 Å². The van der Waals surface area contributed by atoms with Crippen molar-refractivity contribution in [2.24, 2.45) is 5.41 Å². The number of halogens is 1. The highest BCUT2D eigenvalue weighted by atomic mass is 35.5. The van der Waals surface area contributed by atoms with E-state index in [2.05, 4.69) is 51.7 Å². The zero-order chi connectivity index (χ0) is 12.6. The molecule has 1 aromatic rings. The van der Waals surface area contributed by atoms with Crippen LogP contribution in [0.1, 0.15) is 53.8 Å². The van der Waals surface area contributed by atoms with Crippen LogP contribution < -0.4 is 0 Å². The first-order chi connectivity index (χ1) is 7.11. The molecule has 0 aliphatic rings. The summed E-state index contributed by atoms with van der Waals surface area (Å²) in [6.45, 7) is 13.9. The molecule has 1 rings (SSSR count). The lowest BCUT2D eigenvalue weighted by Gasteiger charge is -2.22. The molecule has 16 heavy (non-hydrogen) atoms. The topological polar surface area (TPSA) is 30.7 Å². The third-order valence-corrected chi connectivity index (χ3v) is 2.74. The Balaban J connectivity index is 2.91. The molecule has 0 amide bonds. The second kappa shape index (κ2) is 4.36. The van der Waals surface area contributed by atoms with Crippen LogP contribution in [0.2, 0.25) is 5.28 Å². The van der Waals surface area contributed by atoms with Crippen molar-refractivity contribution < 1.29 is 0 Å². The number of rotatable bonds is 2. The summed E-state index contributed by atoms with van der Waals surface area (Å²) >= 11 is 6.07. The molecule has 0 aliphatic carbocycles. The molecule has 0 saturated carbocycles. The van der Waals surface area contributed by atoms with E-state index in [-0.39, 0.29) is 5.41 Å². The second-order valence-electron chi connectivity index (χ2n) is 6.50. The van der Waals surface area contributed by atoms with Gasteiger partial charge in [-0.3, -0.25) is 0 Å². The van der Waals surface area contributed by atoms with Gasteiger partial charge in [0.2, 0.25) is 5.28 Å². The Bertz CT molecular complexity index is 355. The molecule has 0 bridgehead atoms. The van der Waals surface area contributed by atoms with Gasteiger partial charge in [-0.25, -0.2) is 0 Å². The third kappa shape index (κ3) is 3.48. The third-order valence-electron chi connectivity index (χ3n) is 2.46. The van der Waals surface area contributed by atoms with Crippen molar-refractivity contribution in [3.8, 4) is 0 Å². The van der Waals surface area contributed by atoms with E-state index in [9.17, 15) is 0 Å². The van der Waals surface area contributed by atoms with Crippen LogP contribution in [0.3, 0.4) is 0 Å². The zero-order valence-corrected chi connectivity index (χ0v) is 11.9. The second-order valence-corrected chi connectivity index (χ2v) is 6.84. The lowest BCUT2D eigenvalue weighted by molar-refractivity contribution is 0.341. The van der Waals surface area contributed by atoms with Crippen LogP contribution in [0, 0.1) is 5.41 Å². The average molecular weight is 244 g/mol. The molecule has 1 aromatic heterocycles. The van der Waals surface area contributed by atoms with Gasteiger partial charge in [-0.2, -0.15) is 0 Å². The molecule has 92 valence electrons. The number of hydrogen-bond donors (Lipinski definition) is 0. The predicted octanol–water partition coefficient (Wildman–Crippen LogP) is 3.67. The summed E-state index contributed by atoms with van der Waals surface area (Å²) in [4.78, 5) is 0. The number of hydrogen-bond acceptors (Lipinski definition) is 2. The van der Waals surface area contributed by atoms with Gasteiger partial charge in [0.25, 0.3) is 0 Å². The number of nitrogens with zero attached hydrogens (tertiary/aromatic N) is 3. The molecule has 0 atom stereocenters. The summed E-state index contributed by atoms with van der Waals surface area (Å²) in [6.07, 6.45) is 1.06. The summed E-state index contributed by atoms with van der Waals surface area (Å²) in [5, 5.41) is 8.63. The molecule has 0 spiro atoms. The highest BCUT2D eigenvalue weighted by molar-refractivity contribution is 6.28. The van der Waals surface area contributed by atoms with Gasteiger partial charge in [-0.1, -0.05) is 41.5 Å². The predicted molar refractivity (Wildman–Crippen MR) is 67.8 cm³/mol. The first-order valence-electron chi connectivity index (χ1n) is 5.70. The number of aromatic nitrogens is 3. The summed E-state index contributed by atoms with van der Waals surface area (Å²) in [7, 11) is 0. The lowest BCUT2D eigenvalue weighted by Crippen LogP contribution is -2.21. The molecule has 0 N–H and O–H groups in total. The van der Waals surface area contributed by atoms with Crippen molar-refractivity contribution in [2.75, 3.05) is 0 Å². The van der Waals surface area contributed by atoms with E-state index in [1.165, 1.54) is 0 Å². The van der Waals surface area contributed by atoms with Gasteiger partial charge in [0.15, 0.2) is 0 Å². The van der Waals surface area contributed by atoms with Crippen LogP contribution in [0.15, 0.2) is 0 Å². The Morgan fingerprint density at radius 2 is 1.62 bits per heavy atom. The molecule has 0 saturated heterocycles. The fourth-order valence-electron chi connectivity index (χ4n) is 1.48. The van der Waals surface area contributed by atoms with Crippen molar-refractivity contribution in [2.45, 2.75) is 59.9 Å². The molecule has 1 heterocycles. The van der Waals surface area contributed by atoms with Gasteiger partial charge in [0.05, 0.1) is 0 Å². The molecule has 0 fully saturated rings. The van der Waals surface area contributed by atoms with Crippen molar-refractivity contribution in [3.63, 3.8) is 0 Å². The molecule has 4 heteroatoms. The summed E-state index contributed by atoms with van der Waals surface area (Å²) in [5.74, 6) is 0.960. The molecule has 0 aromatic carbocycles. The molecule has 0 unspecified atom stereocenters. The maximum Gasteiger partial charge on any atom is 0.225 e. The van der Waals surface area contributed by atoms with Crippen LogP contribution in [0.4, 0.5) is 0 Å². The zero-order valence-electron chi connectivity index (χ0n) is 11.1. The SMILES string of the molecule is CC(C)(C)CCn1c(Cl)nnc1C(C)(C)C. The van der Waals surface area contributed by atoms with Crippen LogP contribution >= 0.6 is 11.6 Å². The van der Waals surface area contributed by atoms with E-state index in [4.69, 9.17) is 11.6 Å². The van der Waals surface area contributed by atoms with E-state index < -0.39 is 0 Å². The van der Waals surface area contributed by atoms with E-state index >= 15 is 0 Å². The fourth-order valence-corrected chi connectivity index (χ4v) is 1.69. The maximum atomic E-state index is 6.07. The van der Waals surface area contributed by atoms with Crippen molar-refractivity contribution in [3.05, 3.63) is 11.1 Å². The van der Waals surface area contributed by atoms with Gasteiger partial charge in [0, 0.05) is 12.0 Å². The quantitative estimate of drug-likeness (QED) is 0.794. The summed E-state index contributed by atoms with van der Waals surface area (Å²) in [6, 6.07) is 0. The van der Waals surface area contributed by atoms with E-state index in [0.717, 1.165) is 18.8 Å². The molecule has 0 aliphatic heterocycles. The van der Waals surface area contributed by atoms with Gasteiger partial charge >= 0.3 is 0 Å². The van der Waals surface area contributed by atoms with Crippen LogP contribution in [-0.2, 0) is 12.0 Å². The molecular weight excluding hydrogens is 222 g/mol. The molecule has 3 nitrogen and oxygen atoms in total. The smallest absolute Gasteiger partial charge is 0.225 e. The normalized spacial score (nSPS) is 13.2. The monoisotopic (exact) mass is 243 g/mol. The minimum Gasteiger partial charge on any atom is -0.301 e. The highest BCUT2D eigenvalue weighted by Gasteiger charge is 2.24. The maximum absolute atomic E-state index is 6.07. The minimum atomic E-state index is -0.0158. The Hall–Kier alpha value is -0.570. The highest BCUT2D eigenvalue weighted by Crippen LogP contribution is 2.26. The Morgan fingerprint density at radius 3 is 2.06 bits per heavy atom. The fraction of sp³-hybridized carbons (Fsp3) is 0.833. The van der Waals surface area contributed by atoms with E-state index in [0.29, 0.717) is 10.7 Å². The van der Waals surface area contributed by atoms with Gasteiger partial charge in [-0.15, -0.1) is 10.2 Å². The van der Waals surface area contributed by atoms with Crippen LogP contribution in [0.25, 0.3) is 0 Å². The van der Waals surface area contributed by atoms with Crippen LogP contribution in [0.5, 0.6) is 0 Å². The average Bonchev–Trinajstić information content (AvgIpc) is 2.41. The van der Waals surface area contributed by atoms with Gasteiger partial charge in [-0.05, 0) is 23.4 Å². The minimum absolute atomic E-state index is 0.0158. The summed E-state index contributed by atoms with van der Waals surface area (Å²) in [5.41, 5.74) is 0.279. The Kier molecular flexibility index (Phi) is 3.68. The molecule has 0 radical (unpaired) electrons. The first kappa shape index (κ1) is 13.5. The Morgan fingerprint density at radius 1 is 1.06 bits per heavy atom. The largest absolute Gasteiger partial charge is 0.301 e. The van der Waals surface area contributed by atoms with Crippen molar-refractivity contribution in [1.82, 2.24) is 14.8 Å². The Labute approximate surface area is 103 Å². The first-order valence-corrected chi connectivity index (χ1v) is 6.08. The standard InChI is InChI=1S/C12H22ClN3/c1-11(2,3)7-8-16-9(12(4,5)6)14-15-10(16)13/h7-8H2,1-6H3. The van der Waals surface area contributed by atoms with E-state index in [1.54, 1.807) is 0 Å².